The third kappa shape index (κ3) is 7.72. The van der Waals surface area contributed by atoms with Gasteiger partial charge in [0.15, 0.2) is 0 Å². The number of carbonyl (C=O) groups is 2. The number of hydrogen-bond donors (Lipinski definition) is 1. The van der Waals surface area contributed by atoms with Crippen LogP contribution in [0.5, 0.6) is 0 Å². The Bertz CT molecular complexity index is 1390. The molecule has 40 heavy (non-hydrogen) atoms. The monoisotopic (exact) mass is 563 g/mol. The number of unbranched alkanes of at least 4 members (excludes halogenated alkanes) is 1. The molecule has 3 aromatic carbocycles. The topological polar surface area (TPSA) is 86.8 Å². The zero-order valence-electron chi connectivity index (χ0n) is 24.2. The van der Waals surface area contributed by atoms with E-state index in [0.717, 1.165) is 39.4 Å². The number of hydrogen-bond acceptors (Lipinski definition) is 4. The summed E-state index contributed by atoms with van der Waals surface area (Å²) in [6, 6.07) is 20.5. The largest absolute Gasteiger partial charge is 0.354 e. The van der Waals surface area contributed by atoms with Gasteiger partial charge in [0.2, 0.25) is 11.8 Å². The molecule has 0 spiro atoms. The predicted molar refractivity (Wildman–Crippen MR) is 161 cm³/mol. The highest BCUT2D eigenvalue weighted by Crippen LogP contribution is 2.26. The number of anilines is 1. The lowest BCUT2D eigenvalue weighted by Gasteiger charge is -2.33. The molecule has 0 aliphatic rings. The summed E-state index contributed by atoms with van der Waals surface area (Å²) >= 11 is 0. The van der Waals surface area contributed by atoms with E-state index in [2.05, 4.69) is 5.32 Å². The van der Waals surface area contributed by atoms with Crippen molar-refractivity contribution in [3.63, 3.8) is 0 Å². The molecular formula is C32H41N3O4S. The SMILES string of the molecule is CCCCNC(=O)C(CC)N(Cc1ccc(C)cc1)C(=O)CN(c1ccc(C)c(C)c1)S(=O)(=O)c1ccccc1. The molecule has 1 N–H and O–H groups in total. The van der Waals surface area contributed by atoms with Gasteiger partial charge in [0.25, 0.3) is 10.0 Å². The molecule has 1 unspecified atom stereocenters. The van der Waals surface area contributed by atoms with Crippen molar-refractivity contribution in [1.29, 1.82) is 0 Å². The summed E-state index contributed by atoms with van der Waals surface area (Å²) in [6.45, 7) is 10.0. The summed E-state index contributed by atoms with van der Waals surface area (Å²) in [7, 11) is -4.08. The third-order valence-electron chi connectivity index (χ3n) is 7.08. The van der Waals surface area contributed by atoms with Crippen LogP contribution < -0.4 is 9.62 Å². The molecule has 0 fully saturated rings. The average Bonchev–Trinajstić information content (AvgIpc) is 2.94. The number of sulfonamides is 1. The van der Waals surface area contributed by atoms with Gasteiger partial charge in [0, 0.05) is 13.1 Å². The molecule has 0 aliphatic carbocycles. The number of carbonyl (C=O) groups excluding carboxylic acids is 2. The van der Waals surface area contributed by atoms with E-state index < -0.39 is 28.5 Å². The van der Waals surface area contributed by atoms with Crippen LogP contribution in [-0.4, -0.2) is 44.3 Å². The molecule has 0 aromatic heterocycles. The van der Waals surface area contributed by atoms with Crippen LogP contribution in [0, 0.1) is 20.8 Å². The fourth-order valence-corrected chi connectivity index (χ4v) is 5.87. The molecule has 0 heterocycles. The highest BCUT2D eigenvalue weighted by Gasteiger charge is 2.33. The first-order valence-electron chi connectivity index (χ1n) is 13.9. The lowest BCUT2D eigenvalue weighted by atomic mass is 10.1. The lowest BCUT2D eigenvalue weighted by molar-refractivity contribution is -0.140. The van der Waals surface area contributed by atoms with Gasteiger partial charge in [-0.15, -0.1) is 0 Å². The van der Waals surface area contributed by atoms with E-state index >= 15 is 0 Å². The van der Waals surface area contributed by atoms with Gasteiger partial charge in [-0.05, 0) is 74.6 Å². The summed E-state index contributed by atoms with van der Waals surface area (Å²) in [5.74, 6) is -0.684. The van der Waals surface area contributed by atoms with Gasteiger partial charge in [-0.1, -0.05) is 74.4 Å². The van der Waals surface area contributed by atoms with Crippen molar-refractivity contribution in [3.05, 3.63) is 95.1 Å². The van der Waals surface area contributed by atoms with Crippen molar-refractivity contribution in [1.82, 2.24) is 10.2 Å². The van der Waals surface area contributed by atoms with Crippen molar-refractivity contribution in [2.75, 3.05) is 17.4 Å². The van der Waals surface area contributed by atoms with E-state index in [1.54, 1.807) is 30.3 Å². The molecule has 1 atom stereocenters. The Kier molecular flexibility index (Phi) is 10.9. The molecule has 0 radical (unpaired) electrons. The van der Waals surface area contributed by atoms with Crippen LogP contribution in [0.1, 0.15) is 55.4 Å². The summed E-state index contributed by atoms with van der Waals surface area (Å²) in [4.78, 5) is 29.0. The van der Waals surface area contributed by atoms with Gasteiger partial charge in [-0.2, -0.15) is 0 Å². The molecule has 0 saturated heterocycles. The Balaban J connectivity index is 2.04. The van der Waals surface area contributed by atoms with Crippen molar-refractivity contribution >= 4 is 27.5 Å². The Hall–Kier alpha value is -3.65. The fraction of sp³-hybridized carbons (Fsp3) is 0.375. The predicted octanol–water partition coefficient (Wildman–Crippen LogP) is 5.53. The number of benzene rings is 3. The first kappa shape index (κ1) is 30.9. The molecule has 8 heteroatoms. The van der Waals surface area contributed by atoms with Crippen molar-refractivity contribution in [2.24, 2.45) is 0 Å². The van der Waals surface area contributed by atoms with Crippen molar-refractivity contribution < 1.29 is 18.0 Å². The molecule has 214 valence electrons. The highest BCUT2D eigenvalue weighted by molar-refractivity contribution is 7.92. The van der Waals surface area contributed by atoms with Gasteiger partial charge in [0.05, 0.1) is 10.6 Å². The molecule has 0 saturated carbocycles. The minimum Gasteiger partial charge on any atom is -0.354 e. The Labute approximate surface area is 239 Å². The van der Waals surface area contributed by atoms with Crippen LogP contribution in [0.3, 0.4) is 0 Å². The maximum atomic E-state index is 14.1. The van der Waals surface area contributed by atoms with E-state index in [-0.39, 0.29) is 17.3 Å². The van der Waals surface area contributed by atoms with Crippen LogP contribution in [0.2, 0.25) is 0 Å². The van der Waals surface area contributed by atoms with Gasteiger partial charge < -0.3 is 10.2 Å². The summed E-state index contributed by atoms with van der Waals surface area (Å²) in [5, 5.41) is 2.95. The lowest BCUT2D eigenvalue weighted by Crippen LogP contribution is -2.52. The van der Waals surface area contributed by atoms with Gasteiger partial charge >= 0.3 is 0 Å². The maximum Gasteiger partial charge on any atom is 0.264 e. The molecule has 7 nitrogen and oxygen atoms in total. The molecular weight excluding hydrogens is 522 g/mol. The number of nitrogens with zero attached hydrogens (tertiary/aromatic N) is 2. The smallest absolute Gasteiger partial charge is 0.264 e. The van der Waals surface area contributed by atoms with E-state index in [1.807, 2.05) is 65.0 Å². The van der Waals surface area contributed by atoms with Crippen molar-refractivity contribution in [3.8, 4) is 0 Å². The average molecular weight is 564 g/mol. The number of aryl methyl sites for hydroxylation is 3. The first-order chi connectivity index (χ1) is 19.1. The van der Waals surface area contributed by atoms with E-state index in [0.29, 0.717) is 18.7 Å². The zero-order valence-corrected chi connectivity index (χ0v) is 25.0. The van der Waals surface area contributed by atoms with E-state index in [9.17, 15) is 18.0 Å². The Morgan fingerprint density at radius 2 is 1.55 bits per heavy atom. The summed E-state index contributed by atoms with van der Waals surface area (Å²) < 4.78 is 29.0. The van der Waals surface area contributed by atoms with Gasteiger partial charge in [0.1, 0.15) is 12.6 Å². The van der Waals surface area contributed by atoms with Crippen LogP contribution in [-0.2, 0) is 26.2 Å². The minimum atomic E-state index is -4.08. The van der Waals surface area contributed by atoms with Crippen LogP contribution in [0.25, 0.3) is 0 Å². The summed E-state index contributed by atoms with van der Waals surface area (Å²) in [5.41, 5.74) is 4.28. The second-order valence-corrected chi connectivity index (χ2v) is 12.0. The standard InChI is InChI=1S/C32H41N3O4S/c1-6-8-20-33-32(37)30(7-2)34(22-27-17-14-24(3)15-18-27)31(36)23-35(28-19-16-25(4)26(5)21-28)40(38,39)29-12-10-9-11-13-29/h9-19,21,30H,6-8,20,22-23H2,1-5H3,(H,33,37). The quantitative estimate of drug-likeness (QED) is 0.277. The Morgan fingerprint density at radius 3 is 2.15 bits per heavy atom. The highest BCUT2D eigenvalue weighted by atomic mass is 32.2. The number of nitrogens with one attached hydrogen (secondary N) is 1. The van der Waals surface area contributed by atoms with Gasteiger partial charge in [-0.25, -0.2) is 8.42 Å². The number of amides is 2. The van der Waals surface area contributed by atoms with Crippen LogP contribution >= 0.6 is 0 Å². The molecule has 3 aromatic rings. The maximum absolute atomic E-state index is 14.1. The second-order valence-electron chi connectivity index (χ2n) is 10.2. The fourth-order valence-electron chi connectivity index (χ4n) is 4.45. The normalized spacial score (nSPS) is 12.0. The van der Waals surface area contributed by atoms with Crippen LogP contribution in [0.4, 0.5) is 5.69 Å². The van der Waals surface area contributed by atoms with E-state index in [4.69, 9.17) is 0 Å². The Morgan fingerprint density at radius 1 is 0.875 bits per heavy atom. The summed E-state index contributed by atoms with van der Waals surface area (Å²) in [6.07, 6.45) is 2.17. The van der Waals surface area contributed by atoms with Crippen LogP contribution in [0.15, 0.2) is 77.7 Å². The van der Waals surface area contributed by atoms with E-state index in [1.165, 1.54) is 17.0 Å². The molecule has 0 aliphatic heterocycles. The number of rotatable bonds is 13. The molecule has 2 amide bonds. The van der Waals surface area contributed by atoms with Gasteiger partial charge in [-0.3, -0.25) is 13.9 Å². The second kappa shape index (κ2) is 14.1. The first-order valence-corrected chi connectivity index (χ1v) is 15.3. The van der Waals surface area contributed by atoms with Crippen molar-refractivity contribution in [2.45, 2.75) is 71.4 Å². The zero-order chi connectivity index (χ0) is 29.3. The third-order valence-corrected chi connectivity index (χ3v) is 8.87. The molecule has 3 rings (SSSR count). The minimum absolute atomic E-state index is 0.0930. The molecule has 0 bridgehead atoms.